The van der Waals surface area contributed by atoms with Crippen LogP contribution in [0.2, 0.25) is 0 Å². The fourth-order valence-corrected chi connectivity index (χ4v) is 1.43. The van der Waals surface area contributed by atoms with Crippen LogP contribution in [0.3, 0.4) is 0 Å². The van der Waals surface area contributed by atoms with E-state index in [-0.39, 0.29) is 6.10 Å². The molecule has 0 spiro atoms. The molecular weight excluding hydrogens is 162 g/mol. The summed E-state index contributed by atoms with van der Waals surface area (Å²) in [5.41, 5.74) is 1.03. The van der Waals surface area contributed by atoms with E-state index in [2.05, 4.69) is 18.4 Å². The molecule has 1 aromatic rings. The third kappa shape index (κ3) is 2.88. The van der Waals surface area contributed by atoms with E-state index in [0.29, 0.717) is 5.92 Å². The van der Waals surface area contributed by atoms with Crippen molar-refractivity contribution in [2.24, 2.45) is 5.92 Å². The standard InChI is InChI=1S/C11H19NO/c1-4-11(13)10-5-6-12(8-10)7-9(2)3/h5-6,8-9,11,13H,4,7H2,1-3H3. The Bertz CT molecular complexity index is 252. The van der Waals surface area contributed by atoms with Crippen LogP contribution in [0.4, 0.5) is 0 Å². The molecule has 0 saturated carbocycles. The van der Waals surface area contributed by atoms with Crippen molar-refractivity contribution >= 4 is 0 Å². The SMILES string of the molecule is CCC(O)c1ccn(CC(C)C)c1. The average molecular weight is 181 g/mol. The number of nitrogens with zero attached hydrogens (tertiary/aromatic N) is 1. The molecule has 0 radical (unpaired) electrons. The molecule has 2 nitrogen and oxygen atoms in total. The number of aromatic nitrogens is 1. The minimum atomic E-state index is -0.298. The van der Waals surface area contributed by atoms with Gasteiger partial charge in [0.05, 0.1) is 6.10 Å². The van der Waals surface area contributed by atoms with Gasteiger partial charge in [0.15, 0.2) is 0 Å². The number of hydrogen-bond acceptors (Lipinski definition) is 1. The Kier molecular flexibility index (Phi) is 3.55. The maximum atomic E-state index is 9.56. The second-order valence-electron chi connectivity index (χ2n) is 3.96. The van der Waals surface area contributed by atoms with E-state index in [4.69, 9.17) is 0 Å². The van der Waals surface area contributed by atoms with Crippen LogP contribution >= 0.6 is 0 Å². The minimum Gasteiger partial charge on any atom is -0.388 e. The van der Waals surface area contributed by atoms with Gasteiger partial charge >= 0.3 is 0 Å². The molecule has 0 aromatic carbocycles. The summed E-state index contributed by atoms with van der Waals surface area (Å²) in [4.78, 5) is 0. The topological polar surface area (TPSA) is 25.2 Å². The van der Waals surface area contributed by atoms with Crippen molar-refractivity contribution in [2.75, 3.05) is 0 Å². The summed E-state index contributed by atoms with van der Waals surface area (Å²) >= 11 is 0. The largest absolute Gasteiger partial charge is 0.388 e. The zero-order valence-corrected chi connectivity index (χ0v) is 8.70. The van der Waals surface area contributed by atoms with Gasteiger partial charge in [-0.3, -0.25) is 0 Å². The first-order valence-corrected chi connectivity index (χ1v) is 4.97. The normalized spacial score (nSPS) is 13.6. The van der Waals surface area contributed by atoms with Crippen molar-refractivity contribution in [1.29, 1.82) is 0 Å². The second-order valence-corrected chi connectivity index (χ2v) is 3.96. The summed E-state index contributed by atoms with van der Waals surface area (Å²) in [5, 5.41) is 9.56. The van der Waals surface area contributed by atoms with E-state index < -0.39 is 0 Å². The Morgan fingerprint density at radius 3 is 2.69 bits per heavy atom. The van der Waals surface area contributed by atoms with Crippen LogP contribution in [0.25, 0.3) is 0 Å². The monoisotopic (exact) mass is 181 g/mol. The lowest BCUT2D eigenvalue weighted by Crippen LogP contribution is -2.01. The molecule has 0 fully saturated rings. The van der Waals surface area contributed by atoms with Crippen molar-refractivity contribution < 1.29 is 5.11 Å². The first-order chi connectivity index (χ1) is 6.13. The van der Waals surface area contributed by atoms with Crippen molar-refractivity contribution in [3.05, 3.63) is 24.0 Å². The molecule has 2 heteroatoms. The highest BCUT2D eigenvalue weighted by atomic mass is 16.3. The Labute approximate surface area is 80.2 Å². The maximum Gasteiger partial charge on any atom is 0.0802 e. The predicted octanol–water partition coefficient (Wildman–Crippen LogP) is 2.59. The van der Waals surface area contributed by atoms with E-state index in [1.54, 1.807) is 0 Å². The summed E-state index contributed by atoms with van der Waals surface area (Å²) < 4.78 is 2.14. The van der Waals surface area contributed by atoms with Gasteiger partial charge in [0.2, 0.25) is 0 Å². The van der Waals surface area contributed by atoms with Crippen LogP contribution in [-0.2, 0) is 6.54 Å². The molecule has 1 heterocycles. The number of aliphatic hydroxyl groups is 1. The molecule has 1 aromatic heterocycles. The molecule has 0 aliphatic rings. The van der Waals surface area contributed by atoms with Gasteiger partial charge in [-0.05, 0) is 24.0 Å². The smallest absolute Gasteiger partial charge is 0.0802 e. The van der Waals surface area contributed by atoms with Crippen molar-refractivity contribution in [1.82, 2.24) is 4.57 Å². The van der Waals surface area contributed by atoms with Gasteiger partial charge in [-0.15, -0.1) is 0 Å². The van der Waals surface area contributed by atoms with Crippen LogP contribution in [0.15, 0.2) is 18.5 Å². The molecule has 0 bridgehead atoms. The molecule has 1 rings (SSSR count). The Morgan fingerprint density at radius 2 is 2.15 bits per heavy atom. The minimum absolute atomic E-state index is 0.298. The average Bonchev–Trinajstić information content (AvgIpc) is 2.50. The lowest BCUT2D eigenvalue weighted by atomic mass is 10.1. The lowest BCUT2D eigenvalue weighted by molar-refractivity contribution is 0.173. The molecule has 1 N–H and O–H groups in total. The highest BCUT2D eigenvalue weighted by Gasteiger charge is 2.06. The van der Waals surface area contributed by atoms with E-state index in [1.165, 1.54) is 0 Å². The van der Waals surface area contributed by atoms with E-state index in [9.17, 15) is 5.11 Å². The summed E-state index contributed by atoms with van der Waals surface area (Å²) in [7, 11) is 0. The van der Waals surface area contributed by atoms with E-state index in [0.717, 1.165) is 18.5 Å². The summed E-state index contributed by atoms with van der Waals surface area (Å²) in [6, 6.07) is 2.00. The molecule has 1 unspecified atom stereocenters. The lowest BCUT2D eigenvalue weighted by Gasteiger charge is -2.06. The van der Waals surface area contributed by atoms with Gasteiger partial charge in [-0.2, -0.15) is 0 Å². The maximum absolute atomic E-state index is 9.56. The highest BCUT2D eigenvalue weighted by molar-refractivity contribution is 5.13. The second kappa shape index (κ2) is 4.47. The first kappa shape index (κ1) is 10.3. The van der Waals surface area contributed by atoms with Crippen molar-refractivity contribution in [3.63, 3.8) is 0 Å². The number of hydrogen-bond donors (Lipinski definition) is 1. The van der Waals surface area contributed by atoms with Crippen molar-refractivity contribution in [3.8, 4) is 0 Å². The third-order valence-electron chi connectivity index (χ3n) is 2.12. The molecule has 0 aliphatic heterocycles. The summed E-state index contributed by atoms with van der Waals surface area (Å²) in [5.74, 6) is 0.652. The zero-order chi connectivity index (χ0) is 9.84. The predicted molar refractivity (Wildman–Crippen MR) is 54.5 cm³/mol. The highest BCUT2D eigenvalue weighted by Crippen LogP contribution is 2.16. The molecule has 0 saturated heterocycles. The summed E-state index contributed by atoms with van der Waals surface area (Å²) in [6.45, 7) is 7.40. The van der Waals surface area contributed by atoms with Crippen LogP contribution in [-0.4, -0.2) is 9.67 Å². The van der Waals surface area contributed by atoms with Crippen molar-refractivity contribution in [2.45, 2.75) is 39.8 Å². The van der Waals surface area contributed by atoms with Gasteiger partial charge < -0.3 is 9.67 Å². The van der Waals surface area contributed by atoms with Gasteiger partial charge in [0.1, 0.15) is 0 Å². The first-order valence-electron chi connectivity index (χ1n) is 4.97. The van der Waals surface area contributed by atoms with Crippen LogP contribution < -0.4 is 0 Å². The molecule has 0 aliphatic carbocycles. The molecule has 74 valence electrons. The Morgan fingerprint density at radius 1 is 1.46 bits per heavy atom. The van der Waals surface area contributed by atoms with E-state index in [1.807, 2.05) is 25.4 Å². The van der Waals surface area contributed by atoms with Gasteiger partial charge in [0, 0.05) is 18.9 Å². The molecule has 0 amide bonds. The molecule has 1 atom stereocenters. The quantitative estimate of drug-likeness (QED) is 0.758. The molecule has 13 heavy (non-hydrogen) atoms. The van der Waals surface area contributed by atoms with Gasteiger partial charge in [-0.25, -0.2) is 0 Å². The fraction of sp³-hybridized carbons (Fsp3) is 0.636. The van der Waals surface area contributed by atoms with Gasteiger partial charge in [-0.1, -0.05) is 20.8 Å². The zero-order valence-electron chi connectivity index (χ0n) is 8.70. The number of rotatable bonds is 4. The van der Waals surface area contributed by atoms with Crippen LogP contribution in [0, 0.1) is 5.92 Å². The Hall–Kier alpha value is -0.760. The fourth-order valence-electron chi connectivity index (χ4n) is 1.43. The third-order valence-corrected chi connectivity index (χ3v) is 2.12. The summed E-state index contributed by atoms with van der Waals surface area (Å²) in [6.07, 6.45) is 4.56. The van der Waals surface area contributed by atoms with Gasteiger partial charge in [0.25, 0.3) is 0 Å². The van der Waals surface area contributed by atoms with E-state index >= 15 is 0 Å². The molecular formula is C11H19NO. The Balaban J connectivity index is 2.63. The van der Waals surface area contributed by atoms with Crippen LogP contribution in [0.1, 0.15) is 38.9 Å². The van der Waals surface area contributed by atoms with Crippen LogP contribution in [0.5, 0.6) is 0 Å². The number of aliphatic hydroxyl groups excluding tert-OH is 1.